The van der Waals surface area contributed by atoms with Crippen LogP contribution in [0.3, 0.4) is 0 Å². The van der Waals surface area contributed by atoms with Crippen molar-refractivity contribution >= 4 is 23.3 Å². The van der Waals surface area contributed by atoms with Crippen LogP contribution in [0.15, 0.2) is 58.6 Å². The van der Waals surface area contributed by atoms with E-state index in [1.807, 2.05) is 36.1 Å². The summed E-state index contributed by atoms with van der Waals surface area (Å²) in [6, 6.07) is 8.27. The molecule has 3 rings (SSSR count). The highest BCUT2D eigenvalue weighted by molar-refractivity contribution is 7.99. The van der Waals surface area contributed by atoms with E-state index in [0.29, 0.717) is 0 Å². The Morgan fingerprint density at radius 3 is 3.13 bits per heavy atom. The molecule has 2 aliphatic heterocycles. The van der Waals surface area contributed by atoms with Gasteiger partial charge in [-0.05, 0) is 24.3 Å². The smallest absolute Gasteiger partial charge is 0.133 e. The molecule has 1 aromatic rings. The SMILES string of the molecule is C1=CC2=Nc3ccccc3SCN2C=C1. The van der Waals surface area contributed by atoms with E-state index in [9.17, 15) is 0 Å². The Kier molecular flexibility index (Phi) is 2.10. The predicted molar refractivity (Wildman–Crippen MR) is 64.4 cm³/mol. The van der Waals surface area contributed by atoms with Crippen molar-refractivity contribution in [3.05, 3.63) is 48.7 Å². The Bertz CT molecular complexity index is 474. The third-order valence-corrected chi connectivity index (χ3v) is 3.44. The topological polar surface area (TPSA) is 15.6 Å². The second-order valence-corrected chi connectivity index (χ2v) is 4.37. The molecule has 1 aromatic carbocycles. The Hall–Kier alpha value is -1.48. The summed E-state index contributed by atoms with van der Waals surface area (Å²) in [5.74, 6) is 1.95. The molecule has 0 radical (unpaired) electrons. The Labute approximate surface area is 93.0 Å². The Balaban J connectivity index is 2.09. The van der Waals surface area contributed by atoms with Gasteiger partial charge in [0.25, 0.3) is 0 Å². The first-order chi connectivity index (χ1) is 7.43. The lowest BCUT2D eigenvalue weighted by molar-refractivity contribution is 0.665. The van der Waals surface area contributed by atoms with Crippen LogP contribution in [0.2, 0.25) is 0 Å². The highest BCUT2D eigenvalue weighted by Crippen LogP contribution is 2.33. The Morgan fingerprint density at radius 2 is 2.13 bits per heavy atom. The molecule has 2 heterocycles. The zero-order chi connectivity index (χ0) is 10.1. The summed E-state index contributed by atoms with van der Waals surface area (Å²) in [5.41, 5.74) is 1.07. The number of hydrogen-bond acceptors (Lipinski definition) is 3. The van der Waals surface area contributed by atoms with Crippen LogP contribution < -0.4 is 0 Å². The van der Waals surface area contributed by atoms with E-state index >= 15 is 0 Å². The van der Waals surface area contributed by atoms with Crippen molar-refractivity contribution in [1.82, 2.24) is 4.90 Å². The lowest BCUT2D eigenvalue weighted by Crippen LogP contribution is -2.23. The number of thioether (sulfide) groups is 1. The molecule has 0 saturated carbocycles. The van der Waals surface area contributed by atoms with E-state index in [1.54, 1.807) is 0 Å². The predicted octanol–water partition coefficient (Wildman–Crippen LogP) is 3.17. The fourth-order valence-corrected chi connectivity index (χ4v) is 2.54. The molecule has 0 unspecified atom stereocenters. The van der Waals surface area contributed by atoms with Gasteiger partial charge in [0, 0.05) is 11.1 Å². The van der Waals surface area contributed by atoms with Crippen molar-refractivity contribution in [3.63, 3.8) is 0 Å². The highest BCUT2D eigenvalue weighted by Gasteiger charge is 2.14. The van der Waals surface area contributed by atoms with Crippen molar-refractivity contribution in [2.75, 3.05) is 5.88 Å². The first-order valence-corrected chi connectivity index (χ1v) is 5.84. The summed E-state index contributed by atoms with van der Waals surface area (Å²) < 4.78 is 0. The van der Waals surface area contributed by atoms with Gasteiger partial charge in [-0.1, -0.05) is 18.2 Å². The largest absolute Gasteiger partial charge is 0.323 e. The van der Waals surface area contributed by atoms with Crippen molar-refractivity contribution in [1.29, 1.82) is 0 Å². The Morgan fingerprint density at radius 1 is 1.20 bits per heavy atom. The first kappa shape index (κ1) is 8.80. The van der Waals surface area contributed by atoms with Crippen molar-refractivity contribution in [2.24, 2.45) is 4.99 Å². The van der Waals surface area contributed by atoms with Gasteiger partial charge in [-0.15, -0.1) is 11.8 Å². The van der Waals surface area contributed by atoms with Gasteiger partial charge in [-0.3, -0.25) is 0 Å². The zero-order valence-corrected chi connectivity index (χ0v) is 8.95. The average Bonchev–Trinajstić information content (AvgIpc) is 2.48. The van der Waals surface area contributed by atoms with Crippen LogP contribution in [0.25, 0.3) is 0 Å². The van der Waals surface area contributed by atoms with Crippen molar-refractivity contribution < 1.29 is 0 Å². The van der Waals surface area contributed by atoms with Gasteiger partial charge in [0.05, 0.1) is 11.6 Å². The number of aliphatic imine (C=N–C) groups is 1. The van der Waals surface area contributed by atoms with E-state index < -0.39 is 0 Å². The minimum Gasteiger partial charge on any atom is -0.323 e. The van der Waals surface area contributed by atoms with Gasteiger partial charge in [-0.25, -0.2) is 4.99 Å². The minimum absolute atomic E-state index is 0.927. The molecule has 0 saturated heterocycles. The molecule has 2 nitrogen and oxygen atoms in total. The number of nitrogens with zero attached hydrogens (tertiary/aromatic N) is 2. The lowest BCUT2D eigenvalue weighted by atomic mass is 10.3. The van der Waals surface area contributed by atoms with E-state index in [0.717, 1.165) is 17.4 Å². The van der Waals surface area contributed by atoms with E-state index in [4.69, 9.17) is 0 Å². The maximum absolute atomic E-state index is 4.64. The van der Waals surface area contributed by atoms with Crippen molar-refractivity contribution in [2.45, 2.75) is 4.90 Å². The van der Waals surface area contributed by atoms with Gasteiger partial charge in [0.1, 0.15) is 5.84 Å². The normalized spacial score (nSPS) is 17.9. The number of allylic oxidation sites excluding steroid dienone is 2. The van der Waals surface area contributed by atoms with E-state index in [2.05, 4.69) is 34.3 Å². The molecule has 3 heteroatoms. The summed E-state index contributed by atoms with van der Waals surface area (Å²) in [6.07, 6.45) is 8.17. The molecule has 0 fully saturated rings. The monoisotopic (exact) mass is 214 g/mol. The van der Waals surface area contributed by atoms with Gasteiger partial charge < -0.3 is 4.90 Å². The van der Waals surface area contributed by atoms with Crippen LogP contribution in [-0.2, 0) is 0 Å². The van der Waals surface area contributed by atoms with Crippen LogP contribution in [0.1, 0.15) is 0 Å². The molecule has 0 bridgehead atoms. The second kappa shape index (κ2) is 3.59. The summed E-state index contributed by atoms with van der Waals surface area (Å²) in [7, 11) is 0. The average molecular weight is 214 g/mol. The van der Waals surface area contributed by atoms with Crippen LogP contribution in [-0.4, -0.2) is 16.6 Å². The fourth-order valence-electron chi connectivity index (χ4n) is 1.61. The van der Waals surface area contributed by atoms with Crippen LogP contribution in [0.5, 0.6) is 0 Å². The number of para-hydroxylation sites is 1. The molecule has 0 amide bonds. The van der Waals surface area contributed by atoms with Crippen LogP contribution in [0, 0.1) is 0 Å². The number of fused-ring (bicyclic) bond motifs is 2. The first-order valence-electron chi connectivity index (χ1n) is 4.85. The molecule has 0 aromatic heterocycles. The summed E-state index contributed by atoms with van der Waals surface area (Å²) in [5, 5.41) is 0. The van der Waals surface area contributed by atoms with Crippen LogP contribution in [0.4, 0.5) is 5.69 Å². The number of amidine groups is 1. The molecule has 15 heavy (non-hydrogen) atoms. The lowest BCUT2D eigenvalue weighted by Gasteiger charge is -2.19. The molecule has 0 atom stereocenters. The molecule has 0 aliphatic carbocycles. The maximum atomic E-state index is 4.64. The van der Waals surface area contributed by atoms with E-state index in [1.165, 1.54) is 4.90 Å². The number of rotatable bonds is 0. The van der Waals surface area contributed by atoms with Gasteiger partial charge >= 0.3 is 0 Å². The summed E-state index contributed by atoms with van der Waals surface area (Å²) in [6.45, 7) is 0. The summed E-state index contributed by atoms with van der Waals surface area (Å²) >= 11 is 1.82. The third kappa shape index (κ3) is 1.59. The second-order valence-electron chi connectivity index (χ2n) is 3.38. The molecule has 0 N–H and O–H groups in total. The third-order valence-electron chi connectivity index (χ3n) is 2.38. The molecule has 74 valence electrons. The molecule has 2 aliphatic rings. The van der Waals surface area contributed by atoms with Gasteiger partial charge in [0.2, 0.25) is 0 Å². The maximum Gasteiger partial charge on any atom is 0.133 e. The molecular weight excluding hydrogens is 204 g/mol. The van der Waals surface area contributed by atoms with Gasteiger partial charge in [-0.2, -0.15) is 0 Å². The zero-order valence-electron chi connectivity index (χ0n) is 8.13. The van der Waals surface area contributed by atoms with Crippen molar-refractivity contribution in [3.8, 4) is 0 Å². The minimum atomic E-state index is 0.927. The van der Waals surface area contributed by atoms with E-state index in [-0.39, 0.29) is 0 Å². The molecular formula is C12H10N2S. The number of benzene rings is 1. The quantitative estimate of drug-likeness (QED) is 0.659. The highest BCUT2D eigenvalue weighted by atomic mass is 32.2. The standard InChI is InChI=1S/C12H10N2S/c1-2-6-11-10(5-1)13-12-7-3-4-8-14(12)9-15-11/h1-8H,9H2. The fraction of sp³-hybridized carbons (Fsp3) is 0.0833. The van der Waals surface area contributed by atoms with Gasteiger partial charge in [0.15, 0.2) is 0 Å². The summed E-state index contributed by atoms with van der Waals surface area (Å²) in [4.78, 5) is 8.05. The number of hydrogen-bond donors (Lipinski definition) is 0. The van der Waals surface area contributed by atoms with Crippen LogP contribution >= 0.6 is 11.8 Å². The molecule has 0 spiro atoms.